The lowest BCUT2D eigenvalue weighted by Crippen LogP contribution is -2.71. The molecule has 0 aliphatic carbocycles. The summed E-state index contributed by atoms with van der Waals surface area (Å²) in [5.74, 6) is -3.84. The van der Waals surface area contributed by atoms with E-state index in [-0.39, 0.29) is 27.4 Å². The molecular weight excluding hydrogens is 648 g/mol. The predicted molar refractivity (Wildman–Crippen MR) is 167 cm³/mol. The van der Waals surface area contributed by atoms with Crippen molar-refractivity contribution >= 4 is 80.3 Å². The number of fused-ring (bicyclic) bond motifs is 2. The van der Waals surface area contributed by atoms with Crippen molar-refractivity contribution < 1.29 is 38.8 Å². The second-order valence-electron chi connectivity index (χ2n) is 10.2. The van der Waals surface area contributed by atoms with Crippen molar-refractivity contribution in [3.8, 4) is 0 Å². The Kier molecular flexibility index (Phi) is 9.62. The van der Waals surface area contributed by atoms with Gasteiger partial charge in [0.15, 0.2) is 23.6 Å². The van der Waals surface area contributed by atoms with Crippen molar-refractivity contribution in [3.05, 3.63) is 51.9 Å². The Hall–Kier alpha value is -4.19. The molecule has 0 spiro atoms. The fraction of sp³-hybridized carbons (Fsp3) is 0.370. The molecule has 15 nitrogen and oxygen atoms in total. The number of pyridine rings is 1. The zero-order valence-corrected chi connectivity index (χ0v) is 26.5. The van der Waals surface area contributed by atoms with E-state index in [9.17, 15) is 24.3 Å². The van der Waals surface area contributed by atoms with E-state index in [1.165, 1.54) is 23.6 Å². The van der Waals surface area contributed by atoms with Crippen molar-refractivity contribution in [2.45, 2.75) is 44.0 Å². The Morgan fingerprint density at radius 1 is 1.33 bits per heavy atom. The number of thiazole rings is 1. The van der Waals surface area contributed by atoms with Gasteiger partial charge in [-0.15, -0.1) is 11.8 Å². The fourth-order valence-corrected chi connectivity index (χ4v) is 7.29. The van der Waals surface area contributed by atoms with E-state index < -0.39 is 47.0 Å². The van der Waals surface area contributed by atoms with Gasteiger partial charge in [-0.1, -0.05) is 28.1 Å². The largest absolute Gasteiger partial charge is 0.478 e. The van der Waals surface area contributed by atoms with Crippen molar-refractivity contribution in [2.75, 3.05) is 25.1 Å². The number of carboxylic acids is 2. The van der Waals surface area contributed by atoms with Gasteiger partial charge in [-0.25, -0.2) is 14.6 Å². The van der Waals surface area contributed by atoms with Gasteiger partial charge in [-0.2, -0.15) is 4.57 Å². The number of nitrogens with one attached hydrogen (secondary N) is 2. The van der Waals surface area contributed by atoms with Crippen LogP contribution >= 0.6 is 34.7 Å². The number of nitrogen functional groups attached to an aromatic ring is 1. The van der Waals surface area contributed by atoms with Crippen LogP contribution in [0.25, 0.3) is 11.0 Å². The summed E-state index contributed by atoms with van der Waals surface area (Å²) in [5.41, 5.74) is 7.44. The minimum absolute atomic E-state index is 0.00292. The highest BCUT2D eigenvalue weighted by Crippen LogP contribution is 2.40. The molecule has 18 heteroatoms. The van der Waals surface area contributed by atoms with Gasteiger partial charge in [0, 0.05) is 36.2 Å². The Morgan fingerprint density at radius 2 is 2.11 bits per heavy atom. The first-order chi connectivity index (χ1) is 21.5. The molecule has 45 heavy (non-hydrogen) atoms. The lowest BCUT2D eigenvalue weighted by Gasteiger charge is -2.49. The number of anilines is 1. The van der Waals surface area contributed by atoms with Gasteiger partial charge in [0.25, 0.3) is 11.8 Å². The number of aryl methyl sites for hydroxylation is 1. The van der Waals surface area contributed by atoms with Crippen LogP contribution in [0.2, 0.25) is 4.34 Å². The summed E-state index contributed by atoms with van der Waals surface area (Å²) < 4.78 is 4.10. The molecule has 3 aromatic rings. The minimum Gasteiger partial charge on any atom is -0.478 e. The van der Waals surface area contributed by atoms with Gasteiger partial charge < -0.3 is 36.0 Å². The van der Waals surface area contributed by atoms with Crippen molar-refractivity contribution in [2.24, 2.45) is 5.16 Å². The molecule has 1 fully saturated rings. The zero-order valence-electron chi connectivity index (χ0n) is 24.1. The molecule has 5 rings (SSSR count). The number of rotatable bonds is 13. The molecule has 2 aliphatic rings. The highest BCUT2D eigenvalue weighted by Gasteiger charge is 2.55. The molecule has 238 valence electrons. The molecule has 3 atom stereocenters. The fourth-order valence-electron chi connectivity index (χ4n) is 5.03. The first-order valence-corrected chi connectivity index (χ1v) is 16.0. The van der Waals surface area contributed by atoms with Crippen LogP contribution in [0.3, 0.4) is 0 Å². The number of thioether (sulfide) groups is 1. The van der Waals surface area contributed by atoms with E-state index in [4.69, 9.17) is 27.3 Å². The summed E-state index contributed by atoms with van der Waals surface area (Å²) >= 11 is 8.35. The van der Waals surface area contributed by atoms with Crippen LogP contribution in [0.15, 0.2) is 47.0 Å². The van der Waals surface area contributed by atoms with Crippen LogP contribution in [0, 0.1) is 0 Å². The van der Waals surface area contributed by atoms with Crippen molar-refractivity contribution in [1.82, 2.24) is 25.1 Å². The summed E-state index contributed by atoms with van der Waals surface area (Å²) in [7, 11) is 1.91. The molecule has 3 aromatic heterocycles. The van der Waals surface area contributed by atoms with Gasteiger partial charge in [0.05, 0.1) is 0 Å². The highest BCUT2D eigenvalue weighted by atomic mass is 35.5. The van der Waals surface area contributed by atoms with Crippen LogP contribution in [0.5, 0.6) is 0 Å². The maximum atomic E-state index is 13.3. The van der Waals surface area contributed by atoms with Crippen LogP contribution in [-0.4, -0.2) is 91.0 Å². The van der Waals surface area contributed by atoms with E-state index in [2.05, 4.69) is 25.3 Å². The average molecular weight is 678 g/mol. The smallest absolute Gasteiger partial charge is 0.352 e. The molecule has 0 unspecified atom stereocenters. The maximum absolute atomic E-state index is 13.3. The molecule has 5 heterocycles. The normalized spacial score (nSPS) is 18.9. The number of oxime groups is 1. The number of nitrogens with zero attached hydrogens (tertiary/aromatic N) is 5. The highest BCUT2D eigenvalue weighted by molar-refractivity contribution is 8.00. The van der Waals surface area contributed by atoms with Gasteiger partial charge in [0.1, 0.15) is 32.7 Å². The number of carbonyl (C=O) groups is 4. The average Bonchev–Trinajstić information content (AvgIpc) is 3.57. The van der Waals surface area contributed by atoms with E-state index in [1.54, 1.807) is 0 Å². The summed E-state index contributed by atoms with van der Waals surface area (Å²) in [6.07, 6.45) is 3.41. The Labute approximate surface area is 269 Å². The Morgan fingerprint density at radius 3 is 2.78 bits per heavy atom. The summed E-state index contributed by atoms with van der Waals surface area (Å²) in [6.45, 7) is 3.16. The monoisotopic (exact) mass is 677 g/mol. The van der Waals surface area contributed by atoms with Crippen LogP contribution in [0.4, 0.5) is 5.13 Å². The molecule has 0 aromatic carbocycles. The number of amides is 2. The first-order valence-electron chi connectivity index (χ1n) is 13.7. The number of halogens is 1. The number of carboxylic acid groups (broad SMARTS) is 2. The number of β-lactam (4-membered cyclic amide) rings is 1. The summed E-state index contributed by atoms with van der Waals surface area (Å²) in [5, 5.41) is 28.0. The number of hydrogen-bond acceptors (Lipinski definition) is 11. The topological polar surface area (TPSA) is 205 Å². The molecule has 0 radical (unpaired) electrons. The van der Waals surface area contributed by atoms with Gasteiger partial charge in [-0.3, -0.25) is 14.5 Å². The number of aromatic nitrogens is 3. The van der Waals surface area contributed by atoms with Crippen molar-refractivity contribution in [1.29, 1.82) is 0 Å². The minimum atomic E-state index is -1.40. The Balaban J connectivity index is 1.36. The van der Waals surface area contributed by atoms with Crippen molar-refractivity contribution in [3.63, 3.8) is 0 Å². The second kappa shape index (κ2) is 13.4. The second-order valence-corrected chi connectivity index (χ2v) is 12.9. The molecular formula is C27H30ClN8O7S2+. The number of aliphatic carboxylic acids is 2. The number of nitrogens with two attached hydrogens (primary N) is 1. The maximum Gasteiger partial charge on any atom is 0.352 e. The van der Waals surface area contributed by atoms with Gasteiger partial charge in [0.2, 0.25) is 11.6 Å². The zero-order chi connectivity index (χ0) is 32.4. The van der Waals surface area contributed by atoms with Gasteiger partial charge in [-0.05, 0) is 33.0 Å². The van der Waals surface area contributed by atoms with E-state index >= 15 is 0 Å². The molecule has 6 N–H and O–H groups in total. The molecule has 2 amide bonds. The van der Waals surface area contributed by atoms with E-state index in [0.29, 0.717) is 11.3 Å². The number of hydrogen-bond donors (Lipinski definition) is 5. The SMILES string of the molecule is CNCCCn1ccc2c1ccc[n+]2CC1=C(C(=O)O)N2C(=O)[C@@H](NC(=O)/C(=N\O[C@H](C)C(=O)O)c3nc(N)sc3Cl)[C@H]2SC1. The molecule has 0 bridgehead atoms. The third kappa shape index (κ3) is 6.47. The summed E-state index contributed by atoms with van der Waals surface area (Å²) in [6, 6.07) is 4.79. The van der Waals surface area contributed by atoms with Gasteiger partial charge >= 0.3 is 11.9 Å². The van der Waals surface area contributed by atoms with Crippen LogP contribution in [-0.2, 0) is 37.1 Å². The quantitative estimate of drug-likeness (QED) is 0.0564. The third-order valence-electron chi connectivity index (χ3n) is 7.23. The third-order valence-corrected chi connectivity index (χ3v) is 9.65. The molecule has 2 aliphatic heterocycles. The summed E-state index contributed by atoms with van der Waals surface area (Å²) in [4.78, 5) is 60.5. The van der Waals surface area contributed by atoms with Crippen LogP contribution < -0.4 is 20.9 Å². The first kappa shape index (κ1) is 32.2. The van der Waals surface area contributed by atoms with E-state index in [0.717, 1.165) is 41.9 Å². The lowest BCUT2D eigenvalue weighted by molar-refractivity contribution is -0.663. The predicted octanol–water partition coefficient (Wildman–Crippen LogP) is 0.863. The van der Waals surface area contributed by atoms with Crippen LogP contribution in [0.1, 0.15) is 19.0 Å². The molecule has 1 saturated heterocycles. The lowest BCUT2D eigenvalue weighted by atomic mass is 10.0. The van der Waals surface area contributed by atoms with E-state index in [1.807, 2.05) is 42.2 Å². The standard InChI is InChI=1S/C27H29ClN8O7S2/c1-13(25(39)40)43-33-18(17-21(28)45-27(29)32-17)22(37)31-19-23(38)36-20(26(41)42)14(12-44-24(19)36)11-35-8-3-5-15-16(35)6-10-34(15)9-4-7-30-2/h3,5-6,8,10,13,19,24,30H,4,7,9,11-12H2,1-2H3,(H4-,29,31,32,37,39,40,41,42)/p+1/b33-18-/t13-,19-,24-/m1/s1. The molecule has 0 saturated carbocycles. The Bertz CT molecular complexity index is 1740. The number of carbonyl (C=O) groups excluding carboxylic acids is 2.